The molecule has 36 heavy (non-hydrogen) atoms. The summed E-state index contributed by atoms with van der Waals surface area (Å²) in [6, 6.07) is 10.7. The van der Waals surface area contributed by atoms with Crippen LogP contribution in [-0.4, -0.2) is 77.9 Å². The van der Waals surface area contributed by atoms with Crippen molar-refractivity contribution in [1.29, 1.82) is 0 Å². The quantitative estimate of drug-likeness (QED) is 0.180. The number of rotatable bonds is 2. The smallest absolute Gasteiger partial charge is 0.347 e. The van der Waals surface area contributed by atoms with Gasteiger partial charge in [0.25, 0.3) is 0 Å². The van der Waals surface area contributed by atoms with Crippen LogP contribution >= 0.6 is 0 Å². The fourth-order valence-electron chi connectivity index (χ4n) is 5.60. The Hall–Kier alpha value is -3.87. The van der Waals surface area contributed by atoms with Crippen molar-refractivity contribution in [2.75, 3.05) is 6.61 Å². The van der Waals surface area contributed by atoms with Gasteiger partial charge in [0.05, 0.1) is 28.8 Å². The molecule has 0 radical (unpaired) electrons. The number of H-pyrrole nitrogens is 1. The fraction of sp³-hybridized carbons (Fsp3) is 0.240. The highest BCUT2D eigenvalue weighted by atomic mass is 16.6. The summed E-state index contributed by atoms with van der Waals surface area (Å²) in [4.78, 5) is 33.7. The Morgan fingerprint density at radius 2 is 1.64 bits per heavy atom. The van der Waals surface area contributed by atoms with Crippen LogP contribution in [0.1, 0.15) is 26.9 Å². The van der Waals surface area contributed by atoms with Gasteiger partial charge in [-0.25, -0.2) is 14.6 Å². The molecule has 5 atom stereocenters. The number of aliphatic hydroxyl groups is 4. The van der Waals surface area contributed by atoms with Gasteiger partial charge in [-0.15, -0.1) is 0 Å². The number of aliphatic hydroxyl groups excluding tert-OH is 4. The molecule has 5 N–H and O–H groups in total. The Morgan fingerprint density at radius 3 is 2.42 bits per heavy atom. The summed E-state index contributed by atoms with van der Waals surface area (Å²) in [6.07, 6.45) is -5.72. The summed E-state index contributed by atoms with van der Waals surface area (Å²) < 4.78 is 12.5. The van der Waals surface area contributed by atoms with Crippen molar-refractivity contribution in [3.05, 3.63) is 53.7 Å². The average molecular weight is 489 g/mol. The van der Waals surface area contributed by atoms with Crippen molar-refractivity contribution in [3.63, 3.8) is 0 Å². The van der Waals surface area contributed by atoms with E-state index in [-0.39, 0.29) is 11.1 Å². The highest BCUT2D eigenvalue weighted by molar-refractivity contribution is 6.36. The number of carbonyl (C=O) groups is 2. The van der Waals surface area contributed by atoms with Gasteiger partial charge in [0.15, 0.2) is 6.23 Å². The van der Waals surface area contributed by atoms with Gasteiger partial charge in [-0.3, -0.25) is 4.57 Å². The normalized spacial score (nSPS) is 26.4. The Labute approximate surface area is 201 Å². The van der Waals surface area contributed by atoms with Gasteiger partial charge < -0.3 is 34.9 Å². The lowest BCUT2D eigenvalue weighted by atomic mass is 9.96. The van der Waals surface area contributed by atoms with E-state index < -0.39 is 49.2 Å². The van der Waals surface area contributed by atoms with Gasteiger partial charge in [-0.05, 0) is 18.2 Å². The number of nitrogens with one attached hydrogen (secondary N) is 1. The number of ether oxygens (including phenoxy) is 2. The van der Waals surface area contributed by atoms with Crippen LogP contribution in [0.2, 0.25) is 0 Å². The molecule has 2 aliphatic rings. The number of carbonyl (C=O) groups excluding carboxylic acids is 2. The van der Waals surface area contributed by atoms with Gasteiger partial charge in [-0.1, -0.05) is 18.2 Å². The molecule has 0 amide bonds. The number of aromatic nitrogens is 3. The van der Waals surface area contributed by atoms with Crippen molar-refractivity contribution in [3.8, 4) is 0 Å². The third-order valence-electron chi connectivity index (χ3n) is 7.17. The van der Waals surface area contributed by atoms with Gasteiger partial charge in [0.2, 0.25) is 0 Å². The zero-order valence-electron chi connectivity index (χ0n) is 18.5. The first-order valence-corrected chi connectivity index (χ1v) is 11.3. The Kier molecular flexibility index (Phi) is 4.36. The molecular weight excluding hydrogens is 470 g/mol. The van der Waals surface area contributed by atoms with Crippen molar-refractivity contribution in [1.82, 2.24) is 14.5 Å². The molecule has 5 heterocycles. The predicted octanol–water partition coefficient (Wildman–Crippen LogP) is 1.11. The topological polar surface area (TPSA) is 167 Å². The number of hydrogen-bond acceptors (Lipinski definition) is 9. The first-order valence-electron chi connectivity index (χ1n) is 11.3. The maximum Gasteiger partial charge on any atom is 0.347 e. The minimum absolute atomic E-state index is 0.0774. The molecule has 11 heteroatoms. The first-order chi connectivity index (χ1) is 17.4. The number of benzene rings is 2. The molecule has 0 aliphatic carbocycles. The zero-order valence-corrected chi connectivity index (χ0v) is 18.5. The second-order valence-corrected chi connectivity index (χ2v) is 9.04. The van der Waals surface area contributed by atoms with Crippen LogP contribution in [0, 0.1) is 0 Å². The highest BCUT2D eigenvalue weighted by Crippen LogP contribution is 2.46. The molecule has 2 aliphatic heterocycles. The van der Waals surface area contributed by atoms with Crippen molar-refractivity contribution in [2.24, 2.45) is 0 Å². The van der Waals surface area contributed by atoms with Crippen molar-refractivity contribution < 1.29 is 39.5 Å². The monoisotopic (exact) mass is 489 g/mol. The van der Waals surface area contributed by atoms with Crippen LogP contribution in [-0.2, 0) is 9.47 Å². The van der Waals surface area contributed by atoms with E-state index in [9.17, 15) is 30.0 Å². The first kappa shape index (κ1) is 21.4. The van der Waals surface area contributed by atoms with Crippen molar-refractivity contribution >= 4 is 55.7 Å². The number of pyridine rings is 1. The molecule has 5 aromatic rings. The summed E-state index contributed by atoms with van der Waals surface area (Å²) in [7, 11) is 0. The second-order valence-electron chi connectivity index (χ2n) is 9.04. The summed E-state index contributed by atoms with van der Waals surface area (Å²) in [5, 5.41) is 43.6. The summed E-state index contributed by atoms with van der Waals surface area (Å²) in [5.41, 5.74) is 2.09. The number of esters is 2. The molecule has 182 valence electrons. The lowest BCUT2D eigenvalue weighted by Crippen LogP contribution is -2.56. The van der Waals surface area contributed by atoms with E-state index in [2.05, 4.69) is 9.97 Å². The summed E-state index contributed by atoms with van der Waals surface area (Å²) >= 11 is 0. The van der Waals surface area contributed by atoms with Crippen LogP contribution < -0.4 is 0 Å². The van der Waals surface area contributed by atoms with E-state index >= 15 is 0 Å². The largest absolute Gasteiger partial charge is 0.394 e. The molecule has 7 rings (SSSR count). The van der Waals surface area contributed by atoms with E-state index in [0.717, 1.165) is 0 Å². The van der Waals surface area contributed by atoms with Gasteiger partial charge in [-0.2, -0.15) is 0 Å². The SMILES string of the molecule is O=C1OC(=O)c2c1c1c3ccccc3[nH]c1c1c2c2cccnc2n1C1OC(CO)C(O)C(O)C1O. The molecule has 5 unspecified atom stereocenters. The molecule has 2 aromatic carbocycles. The van der Waals surface area contributed by atoms with Gasteiger partial charge in [0.1, 0.15) is 30.1 Å². The second kappa shape index (κ2) is 7.32. The number of cyclic esters (lactones) is 2. The van der Waals surface area contributed by atoms with Crippen LogP contribution in [0.5, 0.6) is 0 Å². The minimum atomic E-state index is -1.63. The van der Waals surface area contributed by atoms with Crippen LogP contribution in [0.3, 0.4) is 0 Å². The summed E-state index contributed by atoms with van der Waals surface area (Å²) in [5.74, 6) is -1.56. The number of aromatic amines is 1. The van der Waals surface area contributed by atoms with E-state index in [1.807, 2.05) is 24.3 Å². The van der Waals surface area contributed by atoms with Crippen LogP contribution in [0.15, 0.2) is 42.6 Å². The molecule has 1 fully saturated rings. The third-order valence-corrected chi connectivity index (χ3v) is 7.17. The number of hydrogen-bond donors (Lipinski definition) is 5. The zero-order chi connectivity index (χ0) is 24.9. The van der Waals surface area contributed by atoms with Crippen molar-refractivity contribution in [2.45, 2.75) is 30.6 Å². The molecule has 1 saturated heterocycles. The van der Waals surface area contributed by atoms with Gasteiger partial charge >= 0.3 is 11.9 Å². The van der Waals surface area contributed by atoms with E-state index in [0.29, 0.717) is 43.7 Å². The number of nitrogens with zero attached hydrogens (tertiary/aromatic N) is 2. The molecule has 0 saturated carbocycles. The van der Waals surface area contributed by atoms with Crippen LogP contribution in [0.4, 0.5) is 0 Å². The van der Waals surface area contributed by atoms with E-state index in [1.165, 1.54) is 10.8 Å². The Morgan fingerprint density at radius 1 is 0.917 bits per heavy atom. The molecule has 0 spiro atoms. The Balaban J connectivity index is 1.70. The van der Waals surface area contributed by atoms with Crippen LogP contribution in [0.25, 0.3) is 43.7 Å². The summed E-state index contributed by atoms with van der Waals surface area (Å²) in [6.45, 7) is -0.607. The highest BCUT2D eigenvalue weighted by Gasteiger charge is 2.46. The maximum absolute atomic E-state index is 13.0. The molecule has 0 bridgehead atoms. The third kappa shape index (κ3) is 2.55. The molecular formula is C25H19N3O8. The number of fused-ring (bicyclic) bond motifs is 10. The predicted molar refractivity (Wildman–Crippen MR) is 125 cm³/mol. The molecule has 11 nitrogen and oxygen atoms in total. The standard InChI is InChI=1S/C25H19N3O8/c29-8-12-19(30)20(31)21(32)23(35-12)28-18-14(10-5-3-7-26-22(10)28)16-15(24(33)36-25(16)34)13-9-4-1-2-6-11(9)27-17(13)18/h1-7,12,19-21,23,27,29-32H,8H2. The average Bonchev–Trinajstić information content (AvgIpc) is 3.52. The number of para-hydroxylation sites is 1. The molecule has 3 aromatic heterocycles. The Bertz CT molecular complexity index is 1750. The lowest BCUT2D eigenvalue weighted by molar-refractivity contribution is -0.249. The maximum atomic E-state index is 13.0. The fourth-order valence-corrected chi connectivity index (χ4v) is 5.60. The van der Waals surface area contributed by atoms with E-state index in [1.54, 1.807) is 12.1 Å². The minimum Gasteiger partial charge on any atom is -0.394 e. The van der Waals surface area contributed by atoms with Gasteiger partial charge in [0, 0.05) is 33.3 Å². The lowest BCUT2D eigenvalue weighted by Gasteiger charge is -2.40. The van der Waals surface area contributed by atoms with E-state index in [4.69, 9.17) is 9.47 Å².